The van der Waals surface area contributed by atoms with E-state index >= 15 is 0 Å². The molecule has 0 amide bonds. The van der Waals surface area contributed by atoms with Crippen molar-refractivity contribution in [3.63, 3.8) is 0 Å². The lowest BCUT2D eigenvalue weighted by Gasteiger charge is -2.42. The SMILES string of the molecule is CCCC1CNC(C(C)CC)CN1CCC1CCCO1. The minimum atomic E-state index is 0.536. The van der Waals surface area contributed by atoms with E-state index in [1.165, 1.54) is 58.2 Å². The fourth-order valence-corrected chi connectivity index (χ4v) is 3.62. The van der Waals surface area contributed by atoms with Crippen molar-refractivity contribution in [2.75, 3.05) is 26.2 Å². The monoisotopic (exact) mass is 282 g/mol. The molecule has 0 aromatic rings. The fraction of sp³-hybridized carbons (Fsp3) is 1.00. The highest BCUT2D eigenvalue weighted by Crippen LogP contribution is 2.21. The normalized spacial score (nSPS) is 33.5. The Balaban J connectivity index is 1.84. The van der Waals surface area contributed by atoms with Gasteiger partial charge in [0.2, 0.25) is 0 Å². The molecule has 0 aliphatic carbocycles. The van der Waals surface area contributed by atoms with Gasteiger partial charge in [-0.15, -0.1) is 0 Å². The van der Waals surface area contributed by atoms with Gasteiger partial charge in [-0.3, -0.25) is 4.90 Å². The highest BCUT2D eigenvalue weighted by molar-refractivity contribution is 4.88. The van der Waals surface area contributed by atoms with Crippen LogP contribution in [0.15, 0.2) is 0 Å². The summed E-state index contributed by atoms with van der Waals surface area (Å²) < 4.78 is 5.79. The van der Waals surface area contributed by atoms with Gasteiger partial charge in [0.25, 0.3) is 0 Å². The fourth-order valence-electron chi connectivity index (χ4n) is 3.62. The summed E-state index contributed by atoms with van der Waals surface area (Å²) in [5.41, 5.74) is 0. The van der Waals surface area contributed by atoms with Crippen LogP contribution in [0.3, 0.4) is 0 Å². The number of rotatable bonds is 7. The molecule has 2 rings (SSSR count). The Morgan fingerprint density at radius 1 is 1.30 bits per heavy atom. The molecule has 0 bridgehead atoms. The summed E-state index contributed by atoms with van der Waals surface area (Å²) in [5, 5.41) is 3.79. The van der Waals surface area contributed by atoms with Crippen LogP contribution in [0.2, 0.25) is 0 Å². The van der Waals surface area contributed by atoms with E-state index < -0.39 is 0 Å². The largest absolute Gasteiger partial charge is 0.378 e. The van der Waals surface area contributed by atoms with E-state index in [1.54, 1.807) is 0 Å². The maximum absolute atomic E-state index is 5.79. The molecule has 0 saturated carbocycles. The van der Waals surface area contributed by atoms with E-state index in [0.717, 1.165) is 18.6 Å². The zero-order chi connectivity index (χ0) is 14.4. The predicted octanol–water partition coefficient (Wildman–Crippen LogP) is 3.04. The quantitative estimate of drug-likeness (QED) is 0.777. The van der Waals surface area contributed by atoms with Gasteiger partial charge < -0.3 is 10.1 Å². The zero-order valence-electron chi connectivity index (χ0n) is 13.7. The number of ether oxygens (including phenoxy) is 1. The van der Waals surface area contributed by atoms with E-state index in [9.17, 15) is 0 Å². The summed E-state index contributed by atoms with van der Waals surface area (Å²) in [4.78, 5) is 2.75. The zero-order valence-corrected chi connectivity index (χ0v) is 13.7. The third-order valence-electron chi connectivity index (χ3n) is 5.28. The van der Waals surface area contributed by atoms with Gasteiger partial charge in [-0.05, 0) is 31.6 Å². The number of nitrogens with one attached hydrogen (secondary N) is 1. The molecular formula is C17H34N2O. The van der Waals surface area contributed by atoms with Crippen molar-refractivity contribution in [1.29, 1.82) is 0 Å². The van der Waals surface area contributed by atoms with Crippen molar-refractivity contribution in [2.24, 2.45) is 5.92 Å². The van der Waals surface area contributed by atoms with Crippen molar-refractivity contribution in [3.05, 3.63) is 0 Å². The Bertz CT molecular complexity index is 266. The molecule has 2 aliphatic rings. The molecule has 4 unspecified atom stereocenters. The highest BCUT2D eigenvalue weighted by Gasteiger charge is 2.30. The molecule has 0 aromatic carbocycles. The Morgan fingerprint density at radius 2 is 2.15 bits per heavy atom. The minimum absolute atomic E-state index is 0.536. The lowest BCUT2D eigenvalue weighted by molar-refractivity contribution is 0.0619. The molecule has 0 radical (unpaired) electrons. The number of hydrogen-bond acceptors (Lipinski definition) is 3. The molecule has 2 saturated heterocycles. The first kappa shape index (κ1) is 16.3. The average molecular weight is 282 g/mol. The molecule has 2 heterocycles. The molecule has 2 fully saturated rings. The van der Waals surface area contributed by atoms with Crippen LogP contribution in [0.5, 0.6) is 0 Å². The van der Waals surface area contributed by atoms with Crippen molar-refractivity contribution in [2.45, 2.75) is 77.5 Å². The number of piperazine rings is 1. The van der Waals surface area contributed by atoms with Crippen LogP contribution in [0.1, 0.15) is 59.3 Å². The Morgan fingerprint density at radius 3 is 2.80 bits per heavy atom. The third kappa shape index (κ3) is 4.44. The topological polar surface area (TPSA) is 24.5 Å². The molecule has 0 spiro atoms. The molecule has 4 atom stereocenters. The second-order valence-electron chi connectivity index (χ2n) is 6.76. The van der Waals surface area contributed by atoms with Crippen LogP contribution in [0.4, 0.5) is 0 Å². The smallest absolute Gasteiger partial charge is 0.0588 e. The summed E-state index contributed by atoms with van der Waals surface area (Å²) in [7, 11) is 0. The van der Waals surface area contributed by atoms with Gasteiger partial charge in [-0.25, -0.2) is 0 Å². The van der Waals surface area contributed by atoms with E-state index in [2.05, 4.69) is 31.0 Å². The summed E-state index contributed by atoms with van der Waals surface area (Å²) >= 11 is 0. The Kier molecular flexibility index (Phi) is 6.79. The van der Waals surface area contributed by atoms with E-state index in [-0.39, 0.29) is 0 Å². The average Bonchev–Trinajstić information content (AvgIpc) is 2.99. The third-order valence-corrected chi connectivity index (χ3v) is 5.28. The van der Waals surface area contributed by atoms with E-state index in [0.29, 0.717) is 12.1 Å². The van der Waals surface area contributed by atoms with Gasteiger partial charge in [0.1, 0.15) is 0 Å². The Labute approximate surface area is 125 Å². The molecule has 118 valence electrons. The second-order valence-corrected chi connectivity index (χ2v) is 6.76. The highest BCUT2D eigenvalue weighted by atomic mass is 16.5. The molecule has 2 aliphatic heterocycles. The van der Waals surface area contributed by atoms with Gasteiger partial charge in [0.05, 0.1) is 6.10 Å². The first-order valence-corrected chi connectivity index (χ1v) is 8.83. The molecule has 3 heteroatoms. The van der Waals surface area contributed by atoms with Crippen molar-refractivity contribution in [1.82, 2.24) is 10.2 Å². The minimum Gasteiger partial charge on any atom is -0.378 e. The van der Waals surface area contributed by atoms with Crippen LogP contribution in [0.25, 0.3) is 0 Å². The predicted molar refractivity (Wildman–Crippen MR) is 85.1 cm³/mol. The summed E-state index contributed by atoms with van der Waals surface area (Å²) in [6, 6.07) is 1.42. The lowest BCUT2D eigenvalue weighted by atomic mass is 9.94. The first-order chi connectivity index (χ1) is 9.74. The number of hydrogen-bond donors (Lipinski definition) is 1. The van der Waals surface area contributed by atoms with Crippen LogP contribution in [0, 0.1) is 5.92 Å². The maximum atomic E-state index is 5.79. The summed E-state index contributed by atoms with van der Waals surface area (Å²) in [6.07, 6.45) is 8.19. The summed E-state index contributed by atoms with van der Waals surface area (Å²) in [5.74, 6) is 0.780. The van der Waals surface area contributed by atoms with Crippen LogP contribution in [-0.2, 0) is 4.74 Å². The van der Waals surface area contributed by atoms with E-state index in [1.807, 2.05) is 0 Å². The van der Waals surface area contributed by atoms with Gasteiger partial charge >= 0.3 is 0 Å². The molecular weight excluding hydrogens is 248 g/mol. The van der Waals surface area contributed by atoms with Crippen molar-refractivity contribution in [3.8, 4) is 0 Å². The lowest BCUT2D eigenvalue weighted by Crippen LogP contribution is -2.58. The van der Waals surface area contributed by atoms with Crippen LogP contribution >= 0.6 is 0 Å². The van der Waals surface area contributed by atoms with Crippen LogP contribution < -0.4 is 5.32 Å². The Hall–Kier alpha value is -0.120. The van der Waals surface area contributed by atoms with Gasteiger partial charge in [-0.2, -0.15) is 0 Å². The van der Waals surface area contributed by atoms with Crippen molar-refractivity contribution < 1.29 is 4.74 Å². The van der Waals surface area contributed by atoms with Gasteiger partial charge in [0, 0.05) is 38.3 Å². The van der Waals surface area contributed by atoms with Crippen LogP contribution in [-0.4, -0.2) is 49.3 Å². The second kappa shape index (κ2) is 8.35. The van der Waals surface area contributed by atoms with E-state index in [4.69, 9.17) is 4.74 Å². The van der Waals surface area contributed by atoms with Gasteiger partial charge in [-0.1, -0.05) is 33.6 Å². The first-order valence-electron chi connectivity index (χ1n) is 8.83. The van der Waals surface area contributed by atoms with Crippen molar-refractivity contribution >= 4 is 0 Å². The molecule has 0 aromatic heterocycles. The molecule has 20 heavy (non-hydrogen) atoms. The number of nitrogens with zero attached hydrogens (tertiary/aromatic N) is 1. The van der Waals surface area contributed by atoms with Gasteiger partial charge in [0.15, 0.2) is 0 Å². The molecule has 3 nitrogen and oxygen atoms in total. The summed E-state index contributed by atoms with van der Waals surface area (Å²) in [6.45, 7) is 11.6. The standard InChI is InChI=1S/C17H34N2O/c1-4-7-15-12-18-17(14(3)5-2)13-19(15)10-9-16-8-6-11-20-16/h14-18H,4-13H2,1-3H3. The molecule has 1 N–H and O–H groups in total. The maximum Gasteiger partial charge on any atom is 0.0588 e.